The van der Waals surface area contributed by atoms with Crippen LogP contribution in [0, 0.1) is 0 Å². The van der Waals surface area contributed by atoms with Gasteiger partial charge in [0, 0.05) is 20.0 Å². The average molecular weight is 380 g/mol. The maximum absolute atomic E-state index is 12.4. The van der Waals surface area contributed by atoms with E-state index in [0.717, 1.165) is 38.0 Å². The molecule has 2 aromatic rings. The largest absolute Gasteiger partial charge is 0.497 e. The molecule has 2 aromatic carbocycles. The first kappa shape index (κ1) is 21.7. The summed E-state index contributed by atoms with van der Waals surface area (Å²) in [5.41, 5.74) is 4.96. The van der Waals surface area contributed by atoms with Gasteiger partial charge in [-0.1, -0.05) is 55.8 Å². The molecule has 0 atom stereocenters. The summed E-state index contributed by atoms with van der Waals surface area (Å²) in [5, 5.41) is 0. The lowest BCUT2D eigenvalue weighted by molar-refractivity contribution is -0.130. The number of methoxy groups -OCH3 is 1. The Hall–Kier alpha value is -2.55. The number of hydrogen-bond donors (Lipinski definition) is 0. The van der Waals surface area contributed by atoms with Crippen molar-refractivity contribution in [3.8, 4) is 5.75 Å². The number of allylic oxidation sites excluding steroid dienone is 2. The first-order chi connectivity index (χ1) is 13.6. The van der Waals surface area contributed by atoms with Crippen molar-refractivity contribution in [2.45, 2.75) is 46.0 Å². The van der Waals surface area contributed by atoms with E-state index in [9.17, 15) is 4.79 Å². The minimum Gasteiger partial charge on any atom is -0.497 e. The van der Waals surface area contributed by atoms with E-state index in [2.05, 4.69) is 50.2 Å². The Morgan fingerprint density at radius 2 is 1.61 bits per heavy atom. The molecule has 0 spiro atoms. The number of rotatable bonds is 10. The SMILES string of the molecule is CCCCN(C)C(=O)CCC/C(=C(/C)c1ccc(OC)cc1)c1ccccc1. The lowest BCUT2D eigenvalue weighted by Gasteiger charge is -2.18. The van der Waals surface area contributed by atoms with Crippen LogP contribution in [0.1, 0.15) is 57.1 Å². The molecule has 0 unspecified atom stereocenters. The van der Waals surface area contributed by atoms with Gasteiger partial charge in [-0.25, -0.2) is 0 Å². The van der Waals surface area contributed by atoms with Crippen LogP contribution in [0.3, 0.4) is 0 Å². The molecule has 0 N–H and O–H groups in total. The number of nitrogens with zero attached hydrogens (tertiary/aromatic N) is 1. The van der Waals surface area contributed by atoms with Crippen molar-refractivity contribution in [2.24, 2.45) is 0 Å². The van der Waals surface area contributed by atoms with Crippen molar-refractivity contribution >= 4 is 17.1 Å². The number of carbonyl (C=O) groups excluding carboxylic acids is 1. The molecule has 3 heteroatoms. The number of hydrogen-bond acceptors (Lipinski definition) is 2. The van der Waals surface area contributed by atoms with Crippen LogP contribution in [0.4, 0.5) is 0 Å². The minimum atomic E-state index is 0.239. The molecule has 0 bridgehead atoms. The van der Waals surface area contributed by atoms with E-state index < -0.39 is 0 Å². The topological polar surface area (TPSA) is 29.5 Å². The molecule has 0 saturated carbocycles. The fourth-order valence-corrected chi connectivity index (χ4v) is 3.33. The van der Waals surface area contributed by atoms with Crippen LogP contribution < -0.4 is 4.74 Å². The van der Waals surface area contributed by atoms with Gasteiger partial charge in [0.15, 0.2) is 0 Å². The van der Waals surface area contributed by atoms with E-state index in [-0.39, 0.29) is 5.91 Å². The quantitative estimate of drug-likeness (QED) is 0.470. The van der Waals surface area contributed by atoms with Crippen LogP contribution in [0.5, 0.6) is 5.75 Å². The molecule has 0 aliphatic rings. The molecule has 0 fully saturated rings. The molecule has 0 aliphatic heterocycles. The van der Waals surface area contributed by atoms with Gasteiger partial charge in [-0.05, 0) is 60.6 Å². The smallest absolute Gasteiger partial charge is 0.222 e. The van der Waals surface area contributed by atoms with E-state index in [1.54, 1.807) is 7.11 Å². The van der Waals surface area contributed by atoms with Gasteiger partial charge in [-0.2, -0.15) is 0 Å². The Morgan fingerprint density at radius 3 is 2.21 bits per heavy atom. The Bertz CT molecular complexity index is 763. The summed E-state index contributed by atoms with van der Waals surface area (Å²) in [6, 6.07) is 18.7. The number of ether oxygens (including phenoxy) is 1. The lowest BCUT2D eigenvalue weighted by atomic mass is 9.92. The number of benzene rings is 2. The van der Waals surface area contributed by atoms with Gasteiger partial charge in [0.25, 0.3) is 0 Å². The fraction of sp³-hybridized carbons (Fsp3) is 0.400. The molecule has 0 aliphatic carbocycles. The van der Waals surface area contributed by atoms with Gasteiger partial charge in [0.2, 0.25) is 5.91 Å². The highest BCUT2D eigenvalue weighted by Gasteiger charge is 2.12. The fourth-order valence-electron chi connectivity index (χ4n) is 3.33. The molecule has 0 saturated heterocycles. The third-order valence-corrected chi connectivity index (χ3v) is 5.19. The maximum atomic E-state index is 12.4. The monoisotopic (exact) mass is 379 g/mol. The molecule has 1 amide bonds. The van der Waals surface area contributed by atoms with Gasteiger partial charge in [0.05, 0.1) is 7.11 Å². The van der Waals surface area contributed by atoms with Gasteiger partial charge in [-0.3, -0.25) is 4.79 Å². The van der Waals surface area contributed by atoms with Crippen molar-refractivity contribution in [1.29, 1.82) is 0 Å². The normalized spacial score (nSPS) is 11.7. The Labute approximate surface area is 170 Å². The van der Waals surface area contributed by atoms with Crippen LogP contribution in [0.15, 0.2) is 54.6 Å². The van der Waals surface area contributed by atoms with Crippen LogP contribution >= 0.6 is 0 Å². The highest BCUT2D eigenvalue weighted by molar-refractivity contribution is 5.90. The van der Waals surface area contributed by atoms with E-state index in [4.69, 9.17) is 4.74 Å². The molecule has 3 nitrogen and oxygen atoms in total. The molecule has 2 rings (SSSR count). The number of amides is 1. The van der Waals surface area contributed by atoms with Crippen LogP contribution in [0.2, 0.25) is 0 Å². The summed E-state index contributed by atoms with van der Waals surface area (Å²) < 4.78 is 5.28. The summed E-state index contributed by atoms with van der Waals surface area (Å²) >= 11 is 0. The Balaban J connectivity index is 2.15. The molecule has 0 aromatic heterocycles. The summed E-state index contributed by atoms with van der Waals surface area (Å²) in [4.78, 5) is 14.2. The van der Waals surface area contributed by atoms with Crippen molar-refractivity contribution in [1.82, 2.24) is 4.90 Å². The Morgan fingerprint density at radius 1 is 0.929 bits per heavy atom. The first-order valence-electron chi connectivity index (χ1n) is 10.2. The average Bonchev–Trinajstić information content (AvgIpc) is 2.75. The van der Waals surface area contributed by atoms with E-state index in [1.807, 2.05) is 30.1 Å². The molecular formula is C25H33NO2. The standard InChI is InChI=1S/C25H33NO2/c1-5-6-19-26(3)25(27)14-10-13-24(22-11-8-7-9-12-22)20(2)21-15-17-23(28-4)18-16-21/h7-9,11-12,15-18H,5-6,10,13-14,19H2,1-4H3/b24-20+. The highest BCUT2D eigenvalue weighted by Crippen LogP contribution is 2.31. The van der Waals surface area contributed by atoms with Gasteiger partial charge in [0.1, 0.15) is 5.75 Å². The predicted molar refractivity (Wildman–Crippen MR) is 118 cm³/mol. The van der Waals surface area contributed by atoms with E-state index in [1.165, 1.54) is 22.3 Å². The summed E-state index contributed by atoms with van der Waals surface area (Å²) in [6.07, 6.45) is 4.50. The van der Waals surface area contributed by atoms with Gasteiger partial charge >= 0.3 is 0 Å². The minimum absolute atomic E-state index is 0.239. The highest BCUT2D eigenvalue weighted by atomic mass is 16.5. The summed E-state index contributed by atoms with van der Waals surface area (Å²) in [6.45, 7) is 5.16. The van der Waals surface area contributed by atoms with Crippen molar-refractivity contribution < 1.29 is 9.53 Å². The predicted octanol–water partition coefficient (Wildman–Crippen LogP) is 6.05. The molecule has 0 heterocycles. The number of unbranched alkanes of at least 4 members (excludes halogenated alkanes) is 1. The second-order valence-electron chi connectivity index (χ2n) is 7.22. The first-order valence-corrected chi connectivity index (χ1v) is 10.2. The van der Waals surface area contributed by atoms with Crippen molar-refractivity contribution in [2.75, 3.05) is 20.7 Å². The molecular weight excluding hydrogens is 346 g/mol. The van der Waals surface area contributed by atoms with Gasteiger partial charge < -0.3 is 9.64 Å². The zero-order valence-electron chi connectivity index (χ0n) is 17.7. The maximum Gasteiger partial charge on any atom is 0.222 e. The summed E-state index contributed by atoms with van der Waals surface area (Å²) in [7, 11) is 3.59. The van der Waals surface area contributed by atoms with Crippen LogP contribution in [0.25, 0.3) is 11.1 Å². The summed E-state index contributed by atoms with van der Waals surface area (Å²) in [5.74, 6) is 1.10. The van der Waals surface area contributed by atoms with Gasteiger partial charge in [-0.15, -0.1) is 0 Å². The van der Waals surface area contributed by atoms with E-state index >= 15 is 0 Å². The molecule has 0 radical (unpaired) electrons. The van der Waals surface area contributed by atoms with Crippen molar-refractivity contribution in [3.63, 3.8) is 0 Å². The third kappa shape index (κ3) is 6.26. The van der Waals surface area contributed by atoms with Crippen LogP contribution in [-0.4, -0.2) is 31.5 Å². The second kappa shape index (κ2) is 11.3. The molecule has 150 valence electrons. The zero-order chi connectivity index (χ0) is 20.4. The second-order valence-corrected chi connectivity index (χ2v) is 7.22. The zero-order valence-corrected chi connectivity index (χ0v) is 17.7. The Kier molecular flexibility index (Phi) is 8.80. The van der Waals surface area contributed by atoms with Crippen LogP contribution in [-0.2, 0) is 4.79 Å². The lowest BCUT2D eigenvalue weighted by Crippen LogP contribution is -2.27. The number of carbonyl (C=O) groups is 1. The third-order valence-electron chi connectivity index (χ3n) is 5.19. The van der Waals surface area contributed by atoms with E-state index in [0.29, 0.717) is 6.42 Å². The molecule has 28 heavy (non-hydrogen) atoms. The van der Waals surface area contributed by atoms with Crippen molar-refractivity contribution in [3.05, 3.63) is 65.7 Å².